The van der Waals surface area contributed by atoms with E-state index in [9.17, 15) is 4.79 Å². The molecule has 1 heterocycles. The highest BCUT2D eigenvalue weighted by Gasteiger charge is 2.12. The second-order valence-electron chi connectivity index (χ2n) is 6.47. The topological polar surface area (TPSA) is 60.5 Å². The van der Waals surface area contributed by atoms with Crippen molar-refractivity contribution in [3.8, 4) is 22.1 Å². The Morgan fingerprint density at radius 3 is 2.57 bits per heavy atom. The molecule has 146 valence electrons. The molecule has 28 heavy (non-hydrogen) atoms. The molecule has 0 spiro atoms. The highest BCUT2D eigenvalue weighted by atomic mass is 32.1. The van der Waals surface area contributed by atoms with Crippen LogP contribution < -0.4 is 14.8 Å². The van der Waals surface area contributed by atoms with E-state index >= 15 is 0 Å². The summed E-state index contributed by atoms with van der Waals surface area (Å²) in [5.74, 6) is 1.00. The fraction of sp³-hybridized carbons (Fsp3) is 0.273. The quantitative estimate of drug-likeness (QED) is 0.642. The predicted octanol–water partition coefficient (Wildman–Crippen LogP) is 4.42. The molecule has 0 bridgehead atoms. The number of carbonyl (C=O) groups is 1. The number of rotatable bonds is 7. The number of ether oxygens (including phenoxy) is 2. The van der Waals surface area contributed by atoms with Gasteiger partial charge in [0, 0.05) is 29.0 Å². The van der Waals surface area contributed by atoms with Crippen molar-refractivity contribution < 1.29 is 14.3 Å². The molecule has 3 rings (SSSR count). The Hall–Kier alpha value is -2.86. The minimum atomic E-state index is -0.137. The Morgan fingerprint density at radius 2 is 1.86 bits per heavy atom. The molecule has 1 N–H and O–H groups in total. The predicted molar refractivity (Wildman–Crippen MR) is 113 cm³/mol. The SMILES string of the molecule is COc1ccc(C(=O)NCCc2sc(-c3cccc(C)c3)nc2C)cc1OC. The molecule has 0 atom stereocenters. The van der Waals surface area contributed by atoms with Gasteiger partial charge >= 0.3 is 0 Å². The van der Waals surface area contributed by atoms with Crippen molar-refractivity contribution in [1.82, 2.24) is 10.3 Å². The van der Waals surface area contributed by atoms with E-state index in [1.807, 2.05) is 13.0 Å². The molecule has 0 fully saturated rings. The molecule has 3 aromatic rings. The summed E-state index contributed by atoms with van der Waals surface area (Å²) < 4.78 is 10.5. The lowest BCUT2D eigenvalue weighted by Crippen LogP contribution is -2.25. The van der Waals surface area contributed by atoms with Gasteiger partial charge in [-0.3, -0.25) is 4.79 Å². The Labute approximate surface area is 169 Å². The molecule has 1 amide bonds. The highest BCUT2D eigenvalue weighted by Crippen LogP contribution is 2.29. The number of aromatic nitrogens is 1. The Bertz CT molecular complexity index is 982. The fourth-order valence-electron chi connectivity index (χ4n) is 2.93. The second-order valence-corrected chi connectivity index (χ2v) is 7.56. The zero-order valence-corrected chi connectivity index (χ0v) is 17.4. The Kier molecular flexibility index (Phi) is 6.31. The van der Waals surface area contributed by atoms with Crippen molar-refractivity contribution in [2.75, 3.05) is 20.8 Å². The number of nitrogens with one attached hydrogen (secondary N) is 1. The van der Waals surface area contributed by atoms with Gasteiger partial charge in [0.05, 0.1) is 19.9 Å². The van der Waals surface area contributed by atoms with Gasteiger partial charge in [-0.05, 0) is 38.1 Å². The summed E-state index contributed by atoms with van der Waals surface area (Å²) in [7, 11) is 3.12. The third-order valence-corrected chi connectivity index (χ3v) is 5.71. The van der Waals surface area contributed by atoms with Crippen LogP contribution in [0.1, 0.15) is 26.5 Å². The number of thiazole rings is 1. The molecular formula is C22H24N2O3S. The zero-order chi connectivity index (χ0) is 20.1. The van der Waals surface area contributed by atoms with Crippen LogP contribution in [0.25, 0.3) is 10.6 Å². The maximum Gasteiger partial charge on any atom is 0.251 e. The van der Waals surface area contributed by atoms with Gasteiger partial charge in [0.25, 0.3) is 5.91 Å². The van der Waals surface area contributed by atoms with Crippen LogP contribution in [0.3, 0.4) is 0 Å². The number of hydrogen-bond acceptors (Lipinski definition) is 5. The van der Waals surface area contributed by atoms with Gasteiger partial charge in [0.15, 0.2) is 11.5 Å². The molecule has 0 radical (unpaired) electrons. The Morgan fingerprint density at radius 1 is 1.07 bits per heavy atom. The van der Waals surface area contributed by atoms with Crippen molar-refractivity contribution in [2.45, 2.75) is 20.3 Å². The molecule has 0 aliphatic carbocycles. The maximum atomic E-state index is 12.4. The van der Waals surface area contributed by atoms with Gasteiger partial charge in [-0.15, -0.1) is 11.3 Å². The van der Waals surface area contributed by atoms with E-state index in [4.69, 9.17) is 14.5 Å². The second kappa shape index (κ2) is 8.89. The van der Waals surface area contributed by atoms with Gasteiger partial charge in [0.1, 0.15) is 5.01 Å². The molecule has 0 saturated heterocycles. The van der Waals surface area contributed by atoms with Crippen LogP contribution in [-0.4, -0.2) is 31.7 Å². The first-order valence-electron chi connectivity index (χ1n) is 9.05. The van der Waals surface area contributed by atoms with E-state index in [0.29, 0.717) is 23.6 Å². The van der Waals surface area contributed by atoms with Crippen molar-refractivity contribution in [3.63, 3.8) is 0 Å². The molecule has 2 aromatic carbocycles. The van der Waals surface area contributed by atoms with E-state index in [-0.39, 0.29) is 5.91 Å². The van der Waals surface area contributed by atoms with Crippen LogP contribution in [0.2, 0.25) is 0 Å². The summed E-state index contributed by atoms with van der Waals surface area (Å²) in [5.41, 5.74) is 3.91. The molecule has 5 nitrogen and oxygen atoms in total. The first-order valence-corrected chi connectivity index (χ1v) is 9.87. The zero-order valence-electron chi connectivity index (χ0n) is 16.5. The van der Waals surface area contributed by atoms with E-state index in [2.05, 4.69) is 30.4 Å². The summed E-state index contributed by atoms with van der Waals surface area (Å²) in [5, 5.41) is 3.98. The standard InChI is InChI=1S/C22H24N2O3S/c1-14-6-5-7-17(12-14)22-24-15(2)20(28-22)10-11-23-21(25)16-8-9-18(26-3)19(13-16)27-4/h5-9,12-13H,10-11H2,1-4H3,(H,23,25). The first-order chi connectivity index (χ1) is 13.5. The van der Waals surface area contributed by atoms with Gasteiger partial charge in [-0.25, -0.2) is 4.98 Å². The van der Waals surface area contributed by atoms with E-state index in [1.165, 1.54) is 10.4 Å². The minimum Gasteiger partial charge on any atom is -0.493 e. The van der Waals surface area contributed by atoms with Crippen LogP contribution in [0, 0.1) is 13.8 Å². The number of hydrogen-bond donors (Lipinski definition) is 1. The fourth-order valence-corrected chi connectivity index (χ4v) is 3.99. The van der Waals surface area contributed by atoms with Gasteiger partial charge in [-0.1, -0.05) is 23.8 Å². The lowest BCUT2D eigenvalue weighted by atomic mass is 10.1. The van der Waals surface area contributed by atoms with Crippen molar-refractivity contribution in [1.29, 1.82) is 0 Å². The smallest absolute Gasteiger partial charge is 0.251 e. The van der Waals surface area contributed by atoms with Crippen LogP contribution in [-0.2, 0) is 6.42 Å². The average Bonchev–Trinajstić information content (AvgIpc) is 3.08. The number of amides is 1. The molecule has 0 unspecified atom stereocenters. The molecule has 6 heteroatoms. The van der Waals surface area contributed by atoms with E-state index < -0.39 is 0 Å². The van der Waals surface area contributed by atoms with Crippen LogP contribution >= 0.6 is 11.3 Å². The third kappa shape index (κ3) is 4.51. The Balaban J connectivity index is 1.63. The largest absolute Gasteiger partial charge is 0.493 e. The third-order valence-electron chi connectivity index (χ3n) is 4.44. The lowest BCUT2D eigenvalue weighted by Gasteiger charge is -2.10. The van der Waals surface area contributed by atoms with Crippen LogP contribution in [0.5, 0.6) is 11.5 Å². The van der Waals surface area contributed by atoms with Crippen LogP contribution in [0.4, 0.5) is 0 Å². The molecular weight excluding hydrogens is 372 g/mol. The molecule has 1 aromatic heterocycles. The summed E-state index contributed by atoms with van der Waals surface area (Å²) in [6.07, 6.45) is 0.744. The minimum absolute atomic E-state index is 0.137. The number of aryl methyl sites for hydroxylation is 2. The number of nitrogens with zero attached hydrogens (tertiary/aromatic N) is 1. The van der Waals surface area contributed by atoms with Gasteiger partial charge in [-0.2, -0.15) is 0 Å². The molecule has 0 aliphatic heterocycles. The monoisotopic (exact) mass is 396 g/mol. The normalized spacial score (nSPS) is 10.6. The summed E-state index contributed by atoms with van der Waals surface area (Å²) in [6, 6.07) is 13.5. The highest BCUT2D eigenvalue weighted by molar-refractivity contribution is 7.15. The van der Waals surface area contributed by atoms with Gasteiger partial charge in [0.2, 0.25) is 0 Å². The van der Waals surface area contributed by atoms with E-state index in [1.54, 1.807) is 43.8 Å². The van der Waals surface area contributed by atoms with Crippen molar-refractivity contribution >= 4 is 17.2 Å². The number of carbonyl (C=O) groups excluding carboxylic acids is 1. The summed E-state index contributed by atoms with van der Waals surface area (Å²) in [6.45, 7) is 4.64. The van der Waals surface area contributed by atoms with E-state index in [0.717, 1.165) is 22.7 Å². The van der Waals surface area contributed by atoms with Crippen molar-refractivity contribution in [2.24, 2.45) is 0 Å². The summed E-state index contributed by atoms with van der Waals surface area (Å²) >= 11 is 1.68. The van der Waals surface area contributed by atoms with Crippen molar-refractivity contribution in [3.05, 3.63) is 64.2 Å². The summed E-state index contributed by atoms with van der Waals surface area (Å²) in [4.78, 5) is 18.3. The average molecular weight is 397 g/mol. The molecule has 0 aliphatic rings. The molecule has 0 saturated carbocycles. The maximum absolute atomic E-state index is 12.4. The number of benzene rings is 2. The van der Waals surface area contributed by atoms with Gasteiger partial charge < -0.3 is 14.8 Å². The first kappa shape index (κ1) is 19.9. The number of methoxy groups -OCH3 is 2. The van der Waals surface area contributed by atoms with Crippen LogP contribution in [0.15, 0.2) is 42.5 Å². The lowest BCUT2D eigenvalue weighted by molar-refractivity contribution is 0.0953.